The summed E-state index contributed by atoms with van der Waals surface area (Å²) in [7, 11) is 0. The van der Waals surface area contributed by atoms with Crippen LogP contribution in [0.1, 0.15) is 0 Å². The van der Waals surface area contributed by atoms with Crippen LogP contribution in [0.5, 0.6) is 0 Å². The van der Waals surface area contributed by atoms with Gasteiger partial charge in [-0.2, -0.15) is 0 Å². The molecule has 2 rings (SSSR count). The Morgan fingerprint density at radius 1 is 1.60 bits per heavy atom. The van der Waals surface area contributed by atoms with E-state index in [-0.39, 0.29) is 5.75 Å². The van der Waals surface area contributed by atoms with Crippen LogP contribution in [0.2, 0.25) is 5.02 Å². The van der Waals surface area contributed by atoms with E-state index >= 15 is 0 Å². The number of H-pyrrole nitrogens is 1. The lowest BCUT2D eigenvalue weighted by atomic mass is 10.2. The van der Waals surface area contributed by atoms with Crippen molar-refractivity contribution in [2.45, 2.75) is 11.7 Å². The van der Waals surface area contributed by atoms with Crippen molar-refractivity contribution >= 4 is 29.3 Å². The molecule has 1 aromatic heterocycles. The van der Waals surface area contributed by atoms with E-state index in [2.05, 4.69) is 16.8 Å². The number of nitrogens with one attached hydrogen (secondary N) is 1. The predicted octanol–water partition coefficient (Wildman–Crippen LogP) is 2.38. The highest BCUT2D eigenvalue weighted by Gasteiger charge is 2.21. The summed E-state index contributed by atoms with van der Waals surface area (Å²) in [6.45, 7) is 4.24. The molecule has 0 unspecified atom stereocenters. The van der Waals surface area contributed by atoms with Crippen molar-refractivity contribution in [3.05, 3.63) is 41.9 Å². The SMILES string of the molecule is C=CC[n+]1c(SCC(=O)O)n[nH]c1-c1cccc(Cl)c1. The first-order valence-corrected chi connectivity index (χ1v) is 7.18. The van der Waals surface area contributed by atoms with Crippen molar-refractivity contribution in [3.8, 4) is 11.4 Å². The largest absolute Gasteiger partial charge is 0.481 e. The molecule has 0 aliphatic rings. The fourth-order valence-electron chi connectivity index (χ4n) is 1.71. The van der Waals surface area contributed by atoms with E-state index in [0.29, 0.717) is 16.7 Å². The molecule has 0 aliphatic carbocycles. The smallest absolute Gasteiger partial charge is 0.337 e. The summed E-state index contributed by atoms with van der Waals surface area (Å²) in [6.07, 6.45) is 1.73. The minimum atomic E-state index is -0.882. The van der Waals surface area contributed by atoms with Crippen LogP contribution in [0.15, 0.2) is 42.1 Å². The van der Waals surface area contributed by atoms with Crippen LogP contribution < -0.4 is 4.57 Å². The Balaban J connectivity index is 2.38. The molecule has 0 fully saturated rings. The van der Waals surface area contributed by atoms with Gasteiger partial charge in [0.1, 0.15) is 5.75 Å². The number of rotatable bonds is 6. The van der Waals surface area contributed by atoms with Gasteiger partial charge in [-0.25, -0.2) is 4.57 Å². The van der Waals surface area contributed by atoms with E-state index in [4.69, 9.17) is 16.7 Å². The summed E-state index contributed by atoms with van der Waals surface area (Å²) in [5.74, 6) is -0.162. The van der Waals surface area contributed by atoms with Gasteiger partial charge in [0.2, 0.25) is 0 Å². The summed E-state index contributed by atoms with van der Waals surface area (Å²) in [6, 6.07) is 7.37. The Hall–Kier alpha value is -1.79. The van der Waals surface area contributed by atoms with Crippen molar-refractivity contribution < 1.29 is 14.5 Å². The van der Waals surface area contributed by atoms with Crippen LogP contribution in [0.4, 0.5) is 0 Å². The number of aliphatic carboxylic acids is 1. The van der Waals surface area contributed by atoms with Crippen molar-refractivity contribution in [2.75, 3.05) is 5.75 Å². The van der Waals surface area contributed by atoms with Crippen LogP contribution in [-0.4, -0.2) is 27.0 Å². The molecule has 0 saturated heterocycles. The van der Waals surface area contributed by atoms with E-state index in [1.54, 1.807) is 12.1 Å². The lowest BCUT2D eigenvalue weighted by Crippen LogP contribution is -2.36. The maximum atomic E-state index is 10.7. The number of halogens is 1. The summed E-state index contributed by atoms with van der Waals surface area (Å²) in [5.41, 5.74) is 0.883. The van der Waals surface area contributed by atoms with Gasteiger partial charge in [-0.1, -0.05) is 30.3 Å². The summed E-state index contributed by atoms with van der Waals surface area (Å²) < 4.78 is 1.87. The van der Waals surface area contributed by atoms with Gasteiger partial charge in [-0.3, -0.25) is 4.79 Å². The number of carbonyl (C=O) groups is 1. The van der Waals surface area contributed by atoms with Crippen molar-refractivity contribution in [2.24, 2.45) is 0 Å². The van der Waals surface area contributed by atoms with E-state index in [9.17, 15) is 4.79 Å². The number of nitrogens with zero attached hydrogens (tertiary/aromatic N) is 2. The summed E-state index contributed by atoms with van der Waals surface area (Å²) >= 11 is 7.14. The molecular formula is C13H13ClN3O2S+. The zero-order valence-corrected chi connectivity index (χ0v) is 12.1. The maximum absolute atomic E-state index is 10.7. The van der Waals surface area contributed by atoms with Crippen LogP contribution in [-0.2, 0) is 11.3 Å². The normalized spacial score (nSPS) is 10.4. The first kappa shape index (κ1) is 14.6. The highest BCUT2D eigenvalue weighted by Crippen LogP contribution is 2.20. The van der Waals surface area contributed by atoms with Crippen LogP contribution in [0.3, 0.4) is 0 Å². The quantitative estimate of drug-likeness (QED) is 0.488. The second kappa shape index (κ2) is 6.58. The number of benzene rings is 1. The number of allylic oxidation sites excluding steroid dienone is 1. The molecule has 0 aliphatic heterocycles. The van der Waals surface area contributed by atoms with Gasteiger partial charge in [0, 0.05) is 5.02 Å². The molecule has 104 valence electrons. The van der Waals surface area contributed by atoms with Crippen molar-refractivity contribution in [3.63, 3.8) is 0 Å². The highest BCUT2D eigenvalue weighted by molar-refractivity contribution is 7.99. The number of aromatic amines is 1. The molecule has 0 saturated carbocycles. The topological polar surface area (TPSA) is 69.9 Å². The number of hydrogen-bond acceptors (Lipinski definition) is 3. The molecule has 2 N–H and O–H groups in total. The number of carboxylic acid groups (broad SMARTS) is 1. The number of hydrogen-bond donors (Lipinski definition) is 2. The molecule has 0 bridgehead atoms. The zero-order valence-electron chi connectivity index (χ0n) is 10.5. The molecule has 1 heterocycles. The van der Waals surface area contributed by atoms with Gasteiger partial charge >= 0.3 is 11.1 Å². The van der Waals surface area contributed by atoms with Crippen LogP contribution in [0.25, 0.3) is 11.4 Å². The Labute approximate surface area is 125 Å². The fourth-order valence-corrected chi connectivity index (χ4v) is 2.58. The first-order valence-electron chi connectivity index (χ1n) is 5.81. The lowest BCUT2D eigenvalue weighted by Gasteiger charge is -2.01. The van der Waals surface area contributed by atoms with Gasteiger partial charge in [0.25, 0.3) is 5.82 Å². The number of thioether (sulfide) groups is 1. The monoisotopic (exact) mass is 310 g/mol. The minimum absolute atomic E-state index is 0.0447. The average molecular weight is 311 g/mol. The summed E-state index contributed by atoms with van der Waals surface area (Å²) in [4.78, 5) is 10.7. The average Bonchev–Trinajstić information content (AvgIpc) is 2.80. The Morgan fingerprint density at radius 2 is 2.40 bits per heavy atom. The zero-order chi connectivity index (χ0) is 14.5. The summed E-state index contributed by atoms with van der Waals surface area (Å²) in [5, 5.41) is 17.1. The molecular weight excluding hydrogens is 298 g/mol. The van der Waals surface area contributed by atoms with Crippen molar-refractivity contribution in [1.82, 2.24) is 10.2 Å². The second-order valence-electron chi connectivity index (χ2n) is 3.95. The van der Waals surface area contributed by atoms with E-state index in [1.165, 1.54) is 0 Å². The Bertz CT molecular complexity index is 642. The van der Waals surface area contributed by atoms with Gasteiger partial charge in [-0.05, 0) is 30.0 Å². The third-order valence-electron chi connectivity index (χ3n) is 2.49. The van der Waals surface area contributed by atoms with Gasteiger partial charge in [0.15, 0.2) is 0 Å². The molecule has 20 heavy (non-hydrogen) atoms. The number of carboxylic acids is 1. The van der Waals surface area contributed by atoms with Crippen molar-refractivity contribution in [1.29, 1.82) is 0 Å². The second-order valence-corrected chi connectivity index (χ2v) is 5.33. The van der Waals surface area contributed by atoms with E-state index < -0.39 is 5.97 Å². The molecule has 1 aromatic carbocycles. The van der Waals surface area contributed by atoms with E-state index in [1.807, 2.05) is 22.8 Å². The molecule has 0 atom stereocenters. The Kier molecular flexibility index (Phi) is 4.81. The molecule has 5 nitrogen and oxygen atoms in total. The first-order chi connectivity index (χ1) is 9.61. The number of aromatic nitrogens is 3. The van der Waals surface area contributed by atoms with Gasteiger partial charge in [-0.15, -0.1) is 5.10 Å². The molecule has 0 amide bonds. The highest BCUT2D eigenvalue weighted by atomic mass is 35.5. The minimum Gasteiger partial charge on any atom is -0.481 e. The van der Waals surface area contributed by atoms with Crippen LogP contribution in [0, 0.1) is 0 Å². The third kappa shape index (κ3) is 3.40. The lowest BCUT2D eigenvalue weighted by molar-refractivity contribution is -0.713. The van der Waals surface area contributed by atoms with E-state index in [0.717, 1.165) is 23.1 Å². The molecule has 0 spiro atoms. The maximum Gasteiger partial charge on any atom is 0.337 e. The Morgan fingerprint density at radius 3 is 3.05 bits per heavy atom. The fraction of sp³-hybridized carbons (Fsp3) is 0.154. The molecule has 2 aromatic rings. The molecule has 7 heteroatoms. The molecule has 0 radical (unpaired) electrons. The van der Waals surface area contributed by atoms with Gasteiger partial charge in [0.05, 0.1) is 17.2 Å². The van der Waals surface area contributed by atoms with Crippen LogP contribution >= 0.6 is 23.4 Å². The standard InChI is InChI=1S/C13H12ClN3O2S/c1-2-6-17-12(9-4-3-5-10(14)7-9)15-16-13(17)20-8-11(18)19/h2-5,7H,1,6,8H2,(H,18,19)/p+1. The van der Waals surface area contributed by atoms with Gasteiger partial charge < -0.3 is 5.11 Å². The predicted molar refractivity (Wildman–Crippen MR) is 77.8 cm³/mol. The third-order valence-corrected chi connectivity index (χ3v) is 3.69.